The molecular weight excluding hydrogens is 244 g/mol. The number of carbonyl (C=O) groups is 1. The summed E-state index contributed by atoms with van der Waals surface area (Å²) in [7, 11) is 0. The van der Waals surface area contributed by atoms with Gasteiger partial charge in [0.25, 0.3) is 0 Å². The fourth-order valence-electron chi connectivity index (χ4n) is 2.18. The minimum absolute atomic E-state index is 0.346. The highest BCUT2D eigenvalue weighted by Crippen LogP contribution is 2.39. The molecule has 0 aliphatic heterocycles. The van der Waals surface area contributed by atoms with Crippen LogP contribution in [-0.4, -0.2) is 16.9 Å². The summed E-state index contributed by atoms with van der Waals surface area (Å²) in [4.78, 5) is 15.4. The zero-order chi connectivity index (χ0) is 12.6. The molecule has 1 aromatic rings. The molecule has 1 aliphatic carbocycles. The van der Waals surface area contributed by atoms with E-state index in [9.17, 15) is 4.79 Å². The van der Waals surface area contributed by atoms with Crippen molar-refractivity contribution in [2.75, 3.05) is 0 Å². The predicted molar refractivity (Wildman–Crippen MR) is 62.7 cm³/mol. The van der Waals surface area contributed by atoms with E-state index in [1.807, 2.05) is 0 Å². The van der Waals surface area contributed by atoms with Crippen LogP contribution >= 0.6 is 11.6 Å². The van der Waals surface area contributed by atoms with E-state index in [1.165, 1.54) is 0 Å². The van der Waals surface area contributed by atoms with Crippen LogP contribution in [0.1, 0.15) is 18.1 Å². The lowest BCUT2D eigenvalue weighted by Gasteiger charge is -2.19. The highest BCUT2D eigenvalue weighted by Gasteiger charge is 2.47. The summed E-state index contributed by atoms with van der Waals surface area (Å²) in [6.45, 7) is 1.62. The largest absolute Gasteiger partial charge is 0.354 e. The molecule has 2 rings (SSSR count). The van der Waals surface area contributed by atoms with Crippen LogP contribution in [0.4, 0.5) is 0 Å². The average molecular weight is 255 g/mol. The standard InChI is InChI=1S/C11H11ClN2O3/c1-11(10(15)17-16)5-6-4-7(12)2-3-8(6)9(11)14-13/h2-4,16H,5,13H2,1H3. The lowest BCUT2D eigenvalue weighted by atomic mass is 9.85. The molecule has 3 N–H and O–H groups in total. The molecule has 1 aliphatic rings. The molecule has 17 heavy (non-hydrogen) atoms. The molecule has 1 unspecified atom stereocenters. The Balaban J connectivity index is 2.56. The van der Waals surface area contributed by atoms with E-state index < -0.39 is 11.4 Å². The fourth-order valence-corrected chi connectivity index (χ4v) is 2.38. The van der Waals surface area contributed by atoms with Crippen LogP contribution in [0, 0.1) is 5.41 Å². The smallest absolute Gasteiger partial charge is 0.323 e. The molecule has 0 aromatic heterocycles. The van der Waals surface area contributed by atoms with E-state index in [-0.39, 0.29) is 0 Å². The maximum absolute atomic E-state index is 11.6. The Labute approximate surface area is 103 Å². The first-order valence-corrected chi connectivity index (χ1v) is 5.33. The van der Waals surface area contributed by atoms with E-state index in [4.69, 9.17) is 22.7 Å². The fraction of sp³-hybridized carbons (Fsp3) is 0.273. The van der Waals surface area contributed by atoms with Gasteiger partial charge in [-0.05, 0) is 31.0 Å². The summed E-state index contributed by atoms with van der Waals surface area (Å²) < 4.78 is 0. The van der Waals surface area contributed by atoms with Crippen LogP contribution in [0.3, 0.4) is 0 Å². The molecule has 0 radical (unpaired) electrons. The monoisotopic (exact) mass is 254 g/mol. The molecule has 0 fully saturated rings. The molecule has 1 atom stereocenters. The van der Waals surface area contributed by atoms with Gasteiger partial charge in [-0.1, -0.05) is 17.7 Å². The van der Waals surface area contributed by atoms with Crippen molar-refractivity contribution in [2.45, 2.75) is 13.3 Å². The van der Waals surface area contributed by atoms with Gasteiger partial charge in [-0.15, -0.1) is 0 Å². The first-order valence-electron chi connectivity index (χ1n) is 4.96. The Morgan fingerprint density at radius 3 is 2.94 bits per heavy atom. The first-order chi connectivity index (χ1) is 8.02. The van der Waals surface area contributed by atoms with Gasteiger partial charge in [-0.2, -0.15) is 10.4 Å². The lowest BCUT2D eigenvalue weighted by molar-refractivity contribution is -0.241. The number of rotatable bonds is 1. The lowest BCUT2D eigenvalue weighted by Crippen LogP contribution is -2.36. The van der Waals surface area contributed by atoms with Crippen molar-refractivity contribution in [2.24, 2.45) is 16.4 Å². The second-order valence-electron chi connectivity index (χ2n) is 4.17. The van der Waals surface area contributed by atoms with E-state index in [0.29, 0.717) is 17.2 Å². The number of carbonyl (C=O) groups excluding carboxylic acids is 1. The van der Waals surface area contributed by atoms with Gasteiger partial charge in [0.05, 0.1) is 5.71 Å². The highest BCUT2D eigenvalue weighted by molar-refractivity contribution is 6.31. The molecule has 0 saturated carbocycles. The maximum atomic E-state index is 11.6. The van der Waals surface area contributed by atoms with E-state index in [1.54, 1.807) is 25.1 Å². The van der Waals surface area contributed by atoms with Crippen LogP contribution in [0.15, 0.2) is 23.3 Å². The van der Waals surface area contributed by atoms with Gasteiger partial charge >= 0.3 is 5.97 Å². The average Bonchev–Trinajstić information content (AvgIpc) is 2.59. The molecule has 0 saturated heterocycles. The quantitative estimate of drug-likeness (QED) is 0.453. The normalized spacial score (nSPS) is 24.8. The van der Waals surface area contributed by atoms with Gasteiger partial charge in [-0.3, -0.25) is 4.89 Å². The van der Waals surface area contributed by atoms with Gasteiger partial charge in [0.1, 0.15) is 5.41 Å². The van der Waals surface area contributed by atoms with Crippen molar-refractivity contribution in [3.8, 4) is 0 Å². The van der Waals surface area contributed by atoms with Crippen molar-refractivity contribution in [1.29, 1.82) is 0 Å². The van der Waals surface area contributed by atoms with Crippen LogP contribution in [0.5, 0.6) is 0 Å². The third-order valence-corrected chi connectivity index (χ3v) is 3.29. The van der Waals surface area contributed by atoms with Gasteiger partial charge in [0.2, 0.25) is 0 Å². The number of halogens is 1. The Morgan fingerprint density at radius 2 is 2.35 bits per heavy atom. The van der Waals surface area contributed by atoms with Gasteiger partial charge in [0.15, 0.2) is 0 Å². The number of fused-ring (bicyclic) bond motifs is 1. The van der Waals surface area contributed by atoms with Crippen molar-refractivity contribution >= 4 is 23.3 Å². The van der Waals surface area contributed by atoms with Crippen molar-refractivity contribution in [3.63, 3.8) is 0 Å². The molecule has 0 amide bonds. The second kappa shape index (κ2) is 4.01. The molecular formula is C11H11ClN2O3. The predicted octanol–water partition coefficient (Wildman–Crippen LogP) is 1.58. The van der Waals surface area contributed by atoms with Crippen molar-refractivity contribution in [3.05, 3.63) is 34.3 Å². The van der Waals surface area contributed by atoms with Crippen molar-refractivity contribution < 1.29 is 14.9 Å². The summed E-state index contributed by atoms with van der Waals surface area (Å²) in [5, 5.41) is 12.7. The highest BCUT2D eigenvalue weighted by atomic mass is 35.5. The summed E-state index contributed by atoms with van der Waals surface area (Å²) in [5.41, 5.74) is 0.930. The third-order valence-electron chi connectivity index (χ3n) is 3.05. The van der Waals surface area contributed by atoms with Crippen molar-refractivity contribution in [1.82, 2.24) is 0 Å². The molecule has 0 heterocycles. The maximum Gasteiger partial charge on any atom is 0.354 e. The number of nitrogens with two attached hydrogens (primary N) is 1. The topological polar surface area (TPSA) is 84.9 Å². The number of hydrogen-bond acceptors (Lipinski definition) is 5. The summed E-state index contributed by atoms with van der Waals surface area (Å²) in [5.74, 6) is 4.54. The van der Waals surface area contributed by atoms with Gasteiger partial charge < -0.3 is 5.84 Å². The molecule has 5 nitrogen and oxygen atoms in total. The Hall–Kier alpha value is -1.59. The molecule has 6 heteroatoms. The summed E-state index contributed by atoms with van der Waals surface area (Å²) in [6, 6.07) is 5.19. The molecule has 90 valence electrons. The third kappa shape index (κ3) is 1.67. The zero-order valence-electron chi connectivity index (χ0n) is 9.11. The Bertz CT molecular complexity index is 515. The molecule has 0 bridgehead atoms. The number of benzene rings is 1. The SMILES string of the molecule is CC1(C(=O)OO)Cc2cc(Cl)ccc2C1=NN. The second-order valence-corrected chi connectivity index (χ2v) is 4.60. The number of nitrogens with zero attached hydrogens (tertiary/aromatic N) is 1. The minimum Gasteiger partial charge on any atom is -0.323 e. The van der Waals surface area contributed by atoms with Crippen LogP contribution in [-0.2, 0) is 16.1 Å². The Kier molecular flexibility index (Phi) is 2.81. The zero-order valence-corrected chi connectivity index (χ0v) is 9.86. The first kappa shape index (κ1) is 11.9. The number of hydrazone groups is 1. The van der Waals surface area contributed by atoms with E-state index in [0.717, 1.165) is 11.1 Å². The van der Waals surface area contributed by atoms with Crippen LogP contribution < -0.4 is 5.84 Å². The summed E-state index contributed by atoms with van der Waals surface area (Å²) in [6.07, 6.45) is 0.346. The summed E-state index contributed by atoms with van der Waals surface area (Å²) >= 11 is 5.88. The minimum atomic E-state index is -1.07. The number of hydrogen-bond donors (Lipinski definition) is 2. The van der Waals surface area contributed by atoms with Crippen LogP contribution in [0.2, 0.25) is 5.02 Å². The van der Waals surface area contributed by atoms with E-state index >= 15 is 0 Å². The van der Waals surface area contributed by atoms with Gasteiger partial charge in [-0.25, -0.2) is 4.79 Å². The molecule has 0 spiro atoms. The Morgan fingerprint density at radius 1 is 1.65 bits per heavy atom. The van der Waals surface area contributed by atoms with Crippen LogP contribution in [0.25, 0.3) is 0 Å². The van der Waals surface area contributed by atoms with Gasteiger partial charge in [0, 0.05) is 10.6 Å². The van der Waals surface area contributed by atoms with E-state index in [2.05, 4.69) is 9.99 Å². The molecule has 1 aromatic carbocycles.